The Morgan fingerprint density at radius 1 is 1.21 bits per heavy atom. The maximum Gasteiger partial charge on any atom is 0.160 e. The highest BCUT2D eigenvalue weighted by Gasteiger charge is 2.59. The van der Waals surface area contributed by atoms with Crippen LogP contribution in [0.2, 0.25) is 0 Å². The van der Waals surface area contributed by atoms with Crippen LogP contribution in [0.5, 0.6) is 5.75 Å². The van der Waals surface area contributed by atoms with Crippen LogP contribution < -0.4 is 15.8 Å². The summed E-state index contributed by atoms with van der Waals surface area (Å²) >= 11 is 0. The van der Waals surface area contributed by atoms with Gasteiger partial charge in [-0.2, -0.15) is 10.6 Å². The van der Waals surface area contributed by atoms with Gasteiger partial charge in [0.25, 0.3) is 0 Å². The van der Waals surface area contributed by atoms with Gasteiger partial charge in [-0.15, -0.1) is 0 Å². The Hall–Kier alpha value is -3.09. The number of aromatic nitrogens is 3. The van der Waals surface area contributed by atoms with Crippen LogP contribution >= 0.6 is 10.6 Å². The molecule has 9 nitrogen and oxygen atoms in total. The van der Waals surface area contributed by atoms with Gasteiger partial charge in [0.15, 0.2) is 5.82 Å². The van der Waals surface area contributed by atoms with E-state index < -0.39 is 39.1 Å². The Labute approximate surface area is 195 Å². The van der Waals surface area contributed by atoms with Crippen molar-refractivity contribution in [3.05, 3.63) is 48.2 Å². The number of hydrogen-bond donors (Lipinski definition) is 4. The van der Waals surface area contributed by atoms with Crippen molar-refractivity contribution >= 4 is 39.0 Å². The number of nitrogens with zero attached hydrogens (tertiary/aromatic N) is 4. The molecule has 0 bridgehead atoms. The van der Waals surface area contributed by atoms with Crippen LogP contribution in [-0.2, 0) is 5.54 Å². The van der Waals surface area contributed by atoms with Gasteiger partial charge in [0.2, 0.25) is 0 Å². The Morgan fingerprint density at radius 3 is 2.65 bits per heavy atom. The van der Waals surface area contributed by atoms with E-state index in [1.54, 1.807) is 6.07 Å². The van der Waals surface area contributed by atoms with E-state index in [4.69, 9.17) is 10.5 Å². The molecule has 0 saturated heterocycles. The van der Waals surface area contributed by atoms with E-state index in [-0.39, 0.29) is 11.4 Å². The van der Waals surface area contributed by atoms with Gasteiger partial charge in [-0.3, -0.25) is 14.1 Å². The van der Waals surface area contributed by atoms with E-state index in [2.05, 4.69) is 25.3 Å². The number of benzene rings is 1. The largest absolute Gasteiger partial charge is 0.495 e. The number of anilines is 2. The molecule has 0 unspecified atom stereocenters. The maximum absolute atomic E-state index is 15.0. The van der Waals surface area contributed by atoms with Crippen LogP contribution in [0.15, 0.2) is 41.8 Å². The summed E-state index contributed by atoms with van der Waals surface area (Å²) in [6.45, 7) is -1.14. The summed E-state index contributed by atoms with van der Waals surface area (Å²) in [4.78, 5) is 17.1. The van der Waals surface area contributed by atoms with Gasteiger partial charge in [-0.25, -0.2) is 23.7 Å². The van der Waals surface area contributed by atoms with Gasteiger partial charge in [0, 0.05) is 17.3 Å². The first-order valence-corrected chi connectivity index (χ1v) is 12.3. The SMILES string of the molecule is COc1cnc2c(Nc3ccc(F)c([C@]4(CF)CS(O)(O)C5(CCC5)C(N)=N4)c3)ncnc2c1. The van der Waals surface area contributed by atoms with E-state index >= 15 is 4.39 Å². The number of ether oxygens (including phenoxy) is 1. The number of aliphatic imine (C=N–C) groups is 1. The summed E-state index contributed by atoms with van der Waals surface area (Å²) in [5.74, 6) is -0.309. The third kappa shape index (κ3) is 3.36. The average Bonchev–Trinajstić information content (AvgIpc) is 2.78. The number of methoxy groups -OCH3 is 1. The first-order chi connectivity index (χ1) is 16.2. The van der Waals surface area contributed by atoms with E-state index in [0.717, 1.165) is 6.42 Å². The maximum atomic E-state index is 15.0. The van der Waals surface area contributed by atoms with Crippen molar-refractivity contribution in [2.75, 3.05) is 24.9 Å². The number of pyridine rings is 1. The van der Waals surface area contributed by atoms with Crippen molar-refractivity contribution in [1.29, 1.82) is 0 Å². The van der Waals surface area contributed by atoms with E-state index in [1.807, 2.05) is 0 Å². The summed E-state index contributed by atoms with van der Waals surface area (Å²) in [5.41, 5.74) is 5.56. The molecule has 1 spiro atoms. The molecule has 180 valence electrons. The summed E-state index contributed by atoms with van der Waals surface area (Å²) in [5, 5.41) is 3.06. The molecule has 1 aliphatic carbocycles. The molecule has 1 aromatic carbocycles. The predicted octanol–water partition coefficient (Wildman–Crippen LogP) is 4.13. The molecule has 2 aromatic heterocycles. The van der Waals surface area contributed by atoms with E-state index in [9.17, 15) is 13.5 Å². The van der Waals surface area contributed by atoms with Crippen LogP contribution in [0.1, 0.15) is 24.8 Å². The smallest absolute Gasteiger partial charge is 0.160 e. The zero-order valence-electron chi connectivity index (χ0n) is 18.3. The zero-order chi connectivity index (χ0) is 24.1. The van der Waals surface area contributed by atoms with Crippen molar-refractivity contribution < 1.29 is 22.6 Å². The minimum Gasteiger partial charge on any atom is -0.495 e. The molecule has 1 fully saturated rings. The lowest BCUT2D eigenvalue weighted by molar-refractivity contribution is 0.291. The first kappa shape index (κ1) is 22.7. The second kappa shape index (κ2) is 8.00. The van der Waals surface area contributed by atoms with Crippen molar-refractivity contribution in [3.8, 4) is 5.75 Å². The normalized spacial score (nSPS) is 23.7. The number of amidine groups is 1. The molecule has 1 saturated carbocycles. The molecule has 1 aliphatic heterocycles. The monoisotopic (exact) mass is 490 g/mol. The zero-order valence-corrected chi connectivity index (χ0v) is 19.1. The van der Waals surface area contributed by atoms with Crippen molar-refractivity contribution in [2.24, 2.45) is 10.7 Å². The van der Waals surface area contributed by atoms with Gasteiger partial charge >= 0.3 is 0 Å². The van der Waals surface area contributed by atoms with Crippen LogP contribution in [-0.4, -0.2) is 54.2 Å². The number of nitrogens with one attached hydrogen (secondary N) is 1. The molecule has 3 aromatic rings. The summed E-state index contributed by atoms with van der Waals surface area (Å²) in [7, 11) is -1.83. The van der Waals surface area contributed by atoms with Crippen LogP contribution in [0.3, 0.4) is 0 Å². The quantitative estimate of drug-likeness (QED) is 0.419. The second-order valence-corrected chi connectivity index (χ2v) is 11.0. The standard InChI is InChI=1S/C22H24F2N6O3S/c1-33-14-8-17-18(26-9-14)19(28-12-27-17)29-13-3-4-16(24)15(7-13)21(10-23)11-34(31,32)22(5-2-6-22)20(25)30-21/h3-4,7-9,12,31-32H,2,5-6,10-11H2,1H3,(H2,25,30)(H,27,28,29)/t21-/m0/s1. The molecule has 5 rings (SSSR count). The summed E-state index contributed by atoms with van der Waals surface area (Å²) in [6.07, 6.45) is 4.57. The highest BCUT2D eigenvalue weighted by molar-refractivity contribution is 8.26. The molecular weight excluding hydrogens is 466 g/mol. The van der Waals surface area contributed by atoms with Crippen LogP contribution in [0, 0.1) is 5.82 Å². The number of halogens is 2. The van der Waals surface area contributed by atoms with Crippen molar-refractivity contribution in [3.63, 3.8) is 0 Å². The Bertz CT molecular complexity index is 1300. The molecule has 34 heavy (non-hydrogen) atoms. The Balaban J connectivity index is 1.56. The fourth-order valence-corrected chi connectivity index (χ4v) is 7.15. The number of hydrogen-bond acceptors (Lipinski definition) is 9. The number of fused-ring (bicyclic) bond motifs is 1. The highest BCUT2D eigenvalue weighted by Crippen LogP contribution is 2.66. The first-order valence-electron chi connectivity index (χ1n) is 10.6. The molecule has 5 N–H and O–H groups in total. The lowest BCUT2D eigenvalue weighted by Crippen LogP contribution is -2.60. The van der Waals surface area contributed by atoms with Gasteiger partial charge in [0.1, 0.15) is 46.2 Å². The number of rotatable bonds is 5. The Morgan fingerprint density at radius 2 is 2.00 bits per heavy atom. The average molecular weight is 491 g/mol. The fourth-order valence-electron chi connectivity index (χ4n) is 4.59. The Kier molecular flexibility index (Phi) is 5.34. The molecule has 0 amide bonds. The van der Waals surface area contributed by atoms with Crippen LogP contribution in [0.25, 0.3) is 11.0 Å². The molecular formula is C22H24F2N6O3S. The summed E-state index contributed by atoms with van der Waals surface area (Å²) < 4.78 is 55.6. The molecule has 1 atom stereocenters. The van der Waals surface area contributed by atoms with Gasteiger partial charge in [-0.1, -0.05) is 0 Å². The van der Waals surface area contributed by atoms with E-state index in [0.29, 0.717) is 41.1 Å². The lowest BCUT2D eigenvalue weighted by Gasteiger charge is -2.60. The van der Waals surface area contributed by atoms with E-state index in [1.165, 1.54) is 37.8 Å². The molecule has 0 radical (unpaired) electrons. The number of nitrogens with two attached hydrogens (primary N) is 1. The molecule has 2 aliphatic rings. The lowest BCUT2D eigenvalue weighted by atomic mass is 9.82. The van der Waals surface area contributed by atoms with Crippen LogP contribution in [0.4, 0.5) is 20.3 Å². The fraction of sp³-hybridized carbons (Fsp3) is 0.364. The minimum atomic E-state index is -3.35. The van der Waals surface area contributed by atoms with Gasteiger partial charge in [0.05, 0.1) is 24.6 Å². The minimum absolute atomic E-state index is 0.0275. The molecule has 3 heterocycles. The topological polar surface area (TPSA) is 139 Å². The second-order valence-electron chi connectivity index (χ2n) is 8.61. The predicted molar refractivity (Wildman–Crippen MR) is 127 cm³/mol. The third-order valence-corrected chi connectivity index (χ3v) is 9.42. The third-order valence-electron chi connectivity index (χ3n) is 6.67. The summed E-state index contributed by atoms with van der Waals surface area (Å²) in [6, 6.07) is 5.71. The highest BCUT2D eigenvalue weighted by atomic mass is 32.3. The van der Waals surface area contributed by atoms with Crippen molar-refractivity contribution in [2.45, 2.75) is 29.5 Å². The van der Waals surface area contributed by atoms with Gasteiger partial charge < -0.3 is 15.8 Å². The van der Waals surface area contributed by atoms with Gasteiger partial charge in [-0.05, 0) is 37.5 Å². The number of alkyl halides is 1. The van der Waals surface area contributed by atoms with Crippen molar-refractivity contribution in [1.82, 2.24) is 15.0 Å². The molecule has 12 heteroatoms.